The molecular weight excluding hydrogens is 437 g/mol. The van der Waals surface area contributed by atoms with Crippen molar-refractivity contribution in [1.29, 1.82) is 0 Å². The Kier molecular flexibility index (Phi) is 4.46. The number of fused-ring (bicyclic) bond motifs is 1. The summed E-state index contributed by atoms with van der Waals surface area (Å²) in [5.74, 6) is 0. The molecule has 0 fully saturated rings. The molecule has 7 heteroatoms. The molecule has 1 heterocycles. The molecule has 2 aromatic carbocycles. The smallest absolute Gasteiger partial charge is 0.365 e. The number of benzene rings is 2. The third kappa shape index (κ3) is 3.41. The second kappa shape index (κ2) is 6.11. The first-order valence-corrected chi connectivity index (χ1v) is 8.46. The Morgan fingerprint density at radius 2 is 1.78 bits per heavy atom. The van der Waals surface area contributed by atoms with Crippen LogP contribution >= 0.6 is 31.9 Å². The molecule has 1 atom stereocenters. The Morgan fingerprint density at radius 1 is 1.13 bits per heavy atom. The van der Waals surface area contributed by atoms with Crippen LogP contribution in [0.5, 0.6) is 0 Å². The van der Waals surface area contributed by atoms with Crippen molar-refractivity contribution in [3.05, 3.63) is 62.0 Å². The fourth-order valence-corrected chi connectivity index (χ4v) is 4.14. The average molecular weight is 450 g/mol. The molecule has 0 radical (unpaired) electrons. The summed E-state index contributed by atoms with van der Waals surface area (Å²) in [5.41, 5.74) is 2.25. The molecule has 0 aliphatic carbocycles. The molecule has 2 nitrogen and oxygen atoms in total. The van der Waals surface area contributed by atoms with Crippen LogP contribution in [-0.4, -0.2) is 11.9 Å². The van der Waals surface area contributed by atoms with Crippen molar-refractivity contribution in [2.24, 2.45) is 0 Å². The predicted octanol–water partition coefficient (Wildman–Crippen LogP) is 5.79. The van der Waals surface area contributed by atoms with Crippen LogP contribution in [0.15, 0.2) is 45.3 Å². The third-order valence-corrected chi connectivity index (χ3v) is 4.92. The summed E-state index contributed by atoms with van der Waals surface area (Å²) in [5, 5.41) is 3.39. The van der Waals surface area contributed by atoms with E-state index in [1.807, 2.05) is 19.2 Å². The van der Waals surface area contributed by atoms with Gasteiger partial charge in [-0.2, -0.15) is 13.2 Å². The number of alkyl halides is 3. The van der Waals surface area contributed by atoms with E-state index < -0.39 is 11.7 Å². The molecule has 122 valence electrons. The number of halogens is 5. The summed E-state index contributed by atoms with van der Waals surface area (Å²) in [4.78, 5) is 2.06. The van der Waals surface area contributed by atoms with E-state index >= 15 is 0 Å². The lowest BCUT2D eigenvalue weighted by molar-refractivity contribution is -0.137. The van der Waals surface area contributed by atoms with Crippen molar-refractivity contribution < 1.29 is 13.2 Å². The molecule has 1 unspecified atom stereocenters. The largest absolute Gasteiger partial charge is 0.416 e. The molecule has 0 saturated carbocycles. The topological polar surface area (TPSA) is 15.3 Å². The molecule has 0 spiro atoms. The Hall–Kier alpha value is -1.05. The third-order valence-electron chi connectivity index (χ3n) is 3.83. The highest BCUT2D eigenvalue weighted by Gasteiger charge is 2.31. The molecule has 23 heavy (non-hydrogen) atoms. The molecule has 0 aromatic heterocycles. The van der Waals surface area contributed by atoms with Gasteiger partial charge in [-0.25, -0.2) is 0 Å². The van der Waals surface area contributed by atoms with Crippen LogP contribution < -0.4 is 5.32 Å². The molecule has 3 rings (SSSR count). The number of anilines is 1. The van der Waals surface area contributed by atoms with E-state index in [4.69, 9.17) is 0 Å². The molecule has 1 N–H and O–H groups in total. The SMILES string of the molecule is CN1Cc2cc(Br)cc(Br)c2NC1c1ccc(C(F)(F)F)cc1. The van der Waals surface area contributed by atoms with Crippen molar-refractivity contribution in [2.45, 2.75) is 18.9 Å². The summed E-state index contributed by atoms with van der Waals surface area (Å²) in [7, 11) is 1.94. The fourth-order valence-electron chi connectivity index (χ4n) is 2.71. The Morgan fingerprint density at radius 3 is 2.39 bits per heavy atom. The molecule has 0 bridgehead atoms. The Balaban J connectivity index is 1.92. The van der Waals surface area contributed by atoms with Gasteiger partial charge in [-0.15, -0.1) is 0 Å². The Bertz CT molecular complexity index is 729. The van der Waals surface area contributed by atoms with E-state index in [1.165, 1.54) is 12.1 Å². The lowest BCUT2D eigenvalue weighted by atomic mass is 10.0. The van der Waals surface area contributed by atoms with Gasteiger partial charge < -0.3 is 5.32 Å². The van der Waals surface area contributed by atoms with E-state index in [-0.39, 0.29) is 6.17 Å². The summed E-state index contributed by atoms with van der Waals surface area (Å²) in [6.45, 7) is 0.700. The van der Waals surface area contributed by atoms with Gasteiger partial charge in [-0.3, -0.25) is 4.90 Å². The van der Waals surface area contributed by atoms with Crippen molar-refractivity contribution in [2.75, 3.05) is 12.4 Å². The van der Waals surface area contributed by atoms with Crippen LogP contribution in [0.2, 0.25) is 0 Å². The number of rotatable bonds is 1. The van der Waals surface area contributed by atoms with Crippen LogP contribution in [-0.2, 0) is 12.7 Å². The minimum Gasteiger partial charge on any atom is -0.365 e. The summed E-state index contributed by atoms with van der Waals surface area (Å²) >= 11 is 7.00. The predicted molar refractivity (Wildman–Crippen MR) is 91.1 cm³/mol. The highest BCUT2D eigenvalue weighted by molar-refractivity contribution is 9.11. The maximum Gasteiger partial charge on any atom is 0.416 e. The molecule has 1 aliphatic rings. The normalized spacial score (nSPS) is 18.4. The zero-order chi connectivity index (χ0) is 16.8. The Labute approximate surface area is 148 Å². The summed E-state index contributed by atoms with van der Waals surface area (Å²) in [6, 6.07) is 9.27. The lowest BCUT2D eigenvalue weighted by Gasteiger charge is -2.36. The molecule has 0 amide bonds. The van der Waals surface area contributed by atoms with Gasteiger partial charge >= 0.3 is 6.18 Å². The highest BCUT2D eigenvalue weighted by Crippen LogP contribution is 2.39. The van der Waals surface area contributed by atoms with Gasteiger partial charge in [-0.05, 0) is 58.4 Å². The van der Waals surface area contributed by atoms with Gasteiger partial charge in [-0.1, -0.05) is 28.1 Å². The minimum absolute atomic E-state index is 0.178. The molecule has 0 saturated heterocycles. The van der Waals surface area contributed by atoms with Gasteiger partial charge in [0.2, 0.25) is 0 Å². The van der Waals surface area contributed by atoms with Gasteiger partial charge in [0.15, 0.2) is 0 Å². The maximum atomic E-state index is 12.7. The van der Waals surface area contributed by atoms with Crippen LogP contribution in [0.25, 0.3) is 0 Å². The lowest BCUT2D eigenvalue weighted by Crippen LogP contribution is -2.34. The first-order chi connectivity index (χ1) is 10.8. The quantitative estimate of drug-likeness (QED) is 0.593. The number of hydrogen-bond donors (Lipinski definition) is 1. The number of hydrogen-bond acceptors (Lipinski definition) is 2. The average Bonchev–Trinajstić information content (AvgIpc) is 2.45. The second-order valence-corrected chi connectivity index (χ2v) is 7.27. The highest BCUT2D eigenvalue weighted by atomic mass is 79.9. The zero-order valence-corrected chi connectivity index (χ0v) is 15.3. The van der Waals surface area contributed by atoms with Crippen molar-refractivity contribution in [1.82, 2.24) is 4.90 Å². The van der Waals surface area contributed by atoms with Gasteiger partial charge in [0, 0.05) is 15.5 Å². The second-order valence-electron chi connectivity index (χ2n) is 5.50. The van der Waals surface area contributed by atoms with Crippen molar-refractivity contribution in [3.8, 4) is 0 Å². The summed E-state index contributed by atoms with van der Waals surface area (Å²) < 4.78 is 40.0. The number of nitrogens with one attached hydrogen (secondary N) is 1. The van der Waals surface area contributed by atoms with E-state index in [0.717, 1.165) is 37.9 Å². The van der Waals surface area contributed by atoms with Gasteiger partial charge in [0.05, 0.1) is 11.3 Å². The summed E-state index contributed by atoms with van der Waals surface area (Å²) in [6.07, 6.45) is -4.49. The van der Waals surface area contributed by atoms with Crippen LogP contribution in [0.4, 0.5) is 18.9 Å². The van der Waals surface area contributed by atoms with Crippen molar-refractivity contribution in [3.63, 3.8) is 0 Å². The maximum absolute atomic E-state index is 12.7. The molecule has 1 aliphatic heterocycles. The van der Waals surface area contributed by atoms with Gasteiger partial charge in [0.1, 0.15) is 6.17 Å². The molecule has 2 aromatic rings. The first-order valence-electron chi connectivity index (χ1n) is 6.87. The standard InChI is InChI=1S/C16H13Br2F3N2/c1-23-8-10-6-12(17)7-13(18)14(10)22-15(23)9-2-4-11(5-3-9)16(19,20)21/h2-7,15,22H,8H2,1H3. The minimum atomic E-state index is -4.31. The zero-order valence-electron chi connectivity index (χ0n) is 12.1. The van der Waals surface area contributed by atoms with E-state index in [0.29, 0.717) is 6.54 Å². The van der Waals surface area contributed by atoms with Crippen molar-refractivity contribution >= 4 is 37.5 Å². The van der Waals surface area contributed by atoms with Crippen LogP contribution in [0.3, 0.4) is 0 Å². The van der Waals surface area contributed by atoms with E-state index in [9.17, 15) is 13.2 Å². The van der Waals surface area contributed by atoms with Gasteiger partial charge in [0.25, 0.3) is 0 Å². The van der Waals surface area contributed by atoms with Crippen LogP contribution in [0.1, 0.15) is 22.9 Å². The van der Waals surface area contributed by atoms with Crippen LogP contribution in [0, 0.1) is 0 Å². The van der Waals surface area contributed by atoms with E-state index in [2.05, 4.69) is 42.1 Å². The van der Waals surface area contributed by atoms with E-state index in [1.54, 1.807) is 0 Å². The molecular formula is C16H13Br2F3N2. The number of nitrogens with zero attached hydrogens (tertiary/aromatic N) is 1. The first kappa shape index (κ1) is 16.8. The monoisotopic (exact) mass is 448 g/mol. The fraction of sp³-hybridized carbons (Fsp3) is 0.250.